The molecule has 0 bridgehead atoms. The summed E-state index contributed by atoms with van der Waals surface area (Å²) < 4.78 is 0.951. The third-order valence-electron chi connectivity index (χ3n) is 3.24. The normalized spacial score (nSPS) is 10.5. The Bertz CT molecular complexity index is 784. The van der Waals surface area contributed by atoms with Crippen molar-refractivity contribution in [1.29, 1.82) is 0 Å². The lowest BCUT2D eigenvalue weighted by Gasteiger charge is -2.13. The number of thiazole rings is 1. The second kappa shape index (κ2) is 6.42. The first-order valence-corrected chi connectivity index (χ1v) is 8.37. The summed E-state index contributed by atoms with van der Waals surface area (Å²) in [4.78, 5) is 18.6. The lowest BCUT2D eigenvalue weighted by atomic mass is 10.2. The Labute approximate surface area is 141 Å². The molecule has 1 amide bonds. The van der Waals surface area contributed by atoms with Crippen molar-refractivity contribution in [3.63, 3.8) is 0 Å². The molecule has 1 aromatic heterocycles. The predicted octanol–water partition coefficient (Wildman–Crippen LogP) is 4.85. The minimum Gasteiger partial charge on any atom is -0.287 e. The van der Waals surface area contributed by atoms with Crippen LogP contribution in [-0.4, -0.2) is 17.9 Å². The van der Waals surface area contributed by atoms with Crippen molar-refractivity contribution >= 4 is 38.3 Å². The van der Waals surface area contributed by atoms with Crippen LogP contribution in [0.2, 0.25) is 0 Å². The summed E-state index contributed by atoms with van der Waals surface area (Å²) in [6.45, 7) is 0. The number of rotatable bonds is 3. The summed E-state index contributed by atoms with van der Waals surface area (Å²) in [5, 5.41) is 2.66. The van der Waals surface area contributed by atoms with Crippen LogP contribution in [-0.2, 0) is 0 Å². The van der Waals surface area contributed by atoms with Crippen molar-refractivity contribution < 1.29 is 4.79 Å². The first kappa shape index (κ1) is 14.9. The summed E-state index contributed by atoms with van der Waals surface area (Å²) in [5.41, 5.74) is 2.58. The molecule has 0 N–H and O–H groups in total. The van der Waals surface area contributed by atoms with Gasteiger partial charge in [0, 0.05) is 28.0 Å². The van der Waals surface area contributed by atoms with Crippen LogP contribution in [0.3, 0.4) is 0 Å². The lowest BCUT2D eigenvalue weighted by molar-refractivity contribution is 0.0993. The second-order valence-electron chi connectivity index (χ2n) is 4.75. The average molecular weight is 373 g/mol. The third-order valence-corrected chi connectivity index (χ3v) is 4.69. The summed E-state index contributed by atoms with van der Waals surface area (Å²) >= 11 is 4.83. The number of benzene rings is 2. The SMILES string of the molecule is CN(C(=O)c1ccc(Br)cc1)c1nc(-c2ccccc2)cs1. The topological polar surface area (TPSA) is 33.2 Å². The largest absolute Gasteiger partial charge is 0.287 e. The van der Waals surface area contributed by atoms with Crippen molar-refractivity contribution in [2.75, 3.05) is 11.9 Å². The maximum absolute atomic E-state index is 12.5. The number of hydrogen-bond donors (Lipinski definition) is 0. The number of nitrogens with zero attached hydrogens (tertiary/aromatic N) is 2. The van der Waals surface area contributed by atoms with Crippen LogP contribution >= 0.6 is 27.3 Å². The van der Waals surface area contributed by atoms with E-state index >= 15 is 0 Å². The van der Waals surface area contributed by atoms with Crippen molar-refractivity contribution in [2.24, 2.45) is 0 Å². The van der Waals surface area contributed by atoms with Gasteiger partial charge in [0.2, 0.25) is 0 Å². The van der Waals surface area contributed by atoms with E-state index in [1.807, 2.05) is 47.8 Å². The van der Waals surface area contributed by atoms with Crippen LogP contribution in [0, 0.1) is 0 Å². The van der Waals surface area contributed by atoms with E-state index < -0.39 is 0 Å². The molecule has 0 aliphatic heterocycles. The fraction of sp³-hybridized carbons (Fsp3) is 0.0588. The molecule has 22 heavy (non-hydrogen) atoms. The first-order valence-electron chi connectivity index (χ1n) is 6.70. The van der Waals surface area contributed by atoms with E-state index in [1.54, 1.807) is 24.1 Å². The van der Waals surface area contributed by atoms with E-state index in [0.717, 1.165) is 15.7 Å². The fourth-order valence-electron chi connectivity index (χ4n) is 2.03. The maximum atomic E-state index is 12.5. The highest BCUT2D eigenvalue weighted by atomic mass is 79.9. The number of amides is 1. The molecule has 0 saturated carbocycles. The van der Waals surface area contributed by atoms with Crippen LogP contribution in [0.15, 0.2) is 64.5 Å². The number of halogens is 1. The Kier molecular flexibility index (Phi) is 4.36. The molecule has 0 fully saturated rings. The van der Waals surface area contributed by atoms with Crippen LogP contribution < -0.4 is 4.90 Å². The van der Waals surface area contributed by atoms with Crippen molar-refractivity contribution in [3.8, 4) is 11.3 Å². The van der Waals surface area contributed by atoms with E-state index in [1.165, 1.54) is 11.3 Å². The molecule has 2 aromatic carbocycles. The minimum absolute atomic E-state index is 0.0681. The highest BCUT2D eigenvalue weighted by molar-refractivity contribution is 9.10. The van der Waals surface area contributed by atoms with Gasteiger partial charge in [-0.1, -0.05) is 46.3 Å². The van der Waals surface area contributed by atoms with Gasteiger partial charge >= 0.3 is 0 Å². The number of carbonyl (C=O) groups is 1. The number of anilines is 1. The third kappa shape index (κ3) is 3.10. The summed E-state index contributed by atoms with van der Waals surface area (Å²) in [5.74, 6) is -0.0681. The zero-order valence-corrected chi connectivity index (χ0v) is 14.3. The molecule has 0 unspecified atom stereocenters. The predicted molar refractivity (Wildman–Crippen MR) is 94.4 cm³/mol. The standard InChI is InChI=1S/C17H13BrN2OS/c1-20(16(21)13-7-9-14(18)10-8-13)17-19-15(11-22-17)12-5-3-2-4-6-12/h2-11H,1H3. The Morgan fingerprint density at radius 3 is 2.45 bits per heavy atom. The molecule has 0 aliphatic carbocycles. The van der Waals surface area contributed by atoms with Gasteiger partial charge in [0.25, 0.3) is 5.91 Å². The van der Waals surface area contributed by atoms with Gasteiger partial charge in [0.1, 0.15) is 0 Å². The van der Waals surface area contributed by atoms with Gasteiger partial charge in [-0.25, -0.2) is 4.98 Å². The fourth-order valence-corrected chi connectivity index (χ4v) is 3.10. The molecule has 1 heterocycles. The van der Waals surface area contributed by atoms with Crippen LogP contribution in [0.4, 0.5) is 5.13 Å². The lowest BCUT2D eigenvalue weighted by Crippen LogP contribution is -2.25. The van der Waals surface area contributed by atoms with Gasteiger partial charge in [-0.2, -0.15) is 0 Å². The molecule has 110 valence electrons. The summed E-state index contributed by atoms with van der Waals surface area (Å²) in [6, 6.07) is 17.3. The van der Waals surface area contributed by atoms with Crippen molar-refractivity contribution in [3.05, 3.63) is 70.0 Å². The van der Waals surface area contributed by atoms with E-state index in [0.29, 0.717) is 10.7 Å². The van der Waals surface area contributed by atoms with Crippen molar-refractivity contribution in [1.82, 2.24) is 4.98 Å². The van der Waals surface area contributed by atoms with Gasteiger partial charge in [-0.15, -0.1) is 11.3 Å². The molecule has 3 aromatic rings. The zero-order valence-electron chi connectivity index (χ0n) is 11.9. The maximum Gasteiger partial charge on any atom is 0.259 e. The van der Waals surface area contributed by atoms with Gasteiger partial charge in [-0.3, -0.25) is 9.69 Å². The Hall–Kier alpha value is -1.98. The summed E-state index contributed by atoms with van der Waals surface area (Å²) in [6.07, 6.45) is 0. The molecule has 0 atom stereocenters. The van der Waals surface area contributed by atoms with E-state index in [2.05, 4.69) is 20.9 Å². The first-order chi connectivity index (χ1) is 10.6. The Morgan fingerprint density at radius 2 is 1.77 bits per heavy atom. The molecule has 0 radical (unpaired) electrons. The number of carbonyl (C=O) groups excluding carboxylic acids is 1. The Morgan fingerprint density at radius 1 is 1.09 bits per heavy atom. The molecule has 5 heteroatoms. The van der Waals surface area contributed by atoms with Crippen LogP contribution in [0.25, 0.3) is 11.3 Å². The molecule has 3 nitrogen and oxygen atoms in total. The number of hydrogen-bond acceptors (Lipinski definition) is 3. The monoisotopic (exact) mass is 372 g/mol. The molecule has 0 aliphatic rings. The summed E-state index contributed by atoms with van der Waals surface area (Å²) in [7, 11) is 1.75. The second-order valence-corrected chi connectivity index (χ2v) is 6.50. The molecule has 0 spiro atoms. The average Bonchev–Trinajstić information content (AvgIpc) is 3.05. The van der Waals surface area contributed by atoms with Gasteiger partial charge in [-0.05, 0) is 24.3 Å². The molecule has 0 saturated heterocycles. The van der Waals surface area contributed by atoms with Crippen LogP contribution in [0.1, 0.15) is 10.4 Å². The smallest absolute Gasteiger partial charge is 0.259 e. The highest BCUT2D eigenvalue weighted by Gasteiger charge is 2.16. The van der Waals surface area contributed by atoms with E-state index in [9.17, 15) is 4.79 Å². The van der Waals surface area contributed by atoms with Gasteiger partial charge in [0.05, 0.1) is 5.69 Å². The Balaban J connectivity index is 1.83. The molecule has 3 rings (SSSR count). The number of aromatic nitrogens is 1. The quantitative estimate of drug-likeness (QED) is 0.658. The molecular formula is C17H13BrN2OS. The van der Waals surface area contributed by atoms with Gasteiger partial charge in [0.15, 0.2) is 5.13 Å². The highest BCUT2D eigenvalue weighted by Crippen LogP contribution is 2.27. The van der Waals surface area contributed by atoms with Gasteiger partial charge < -0.3 is 0 Å². The van der Waals surface area contributed by atoms with E-state index in [4.69, 9.17) is 0 Å². The van der Waals surface area contributed by atoms with E-state index in [-0.39, 0.29) is 5.91 Å². The van der Waals surface area contributed by atoms with Crippen molar-refractivity contribution in [2.45, 2.75) is 0 Å². The minimum atomic E-state index is -0.0681. The van der Waals surface area contributed by atoms with Crippen LogP contribution in [0.5, 0.6) is 0 Å². The molecular weight excluding hydrogens is 360 g/mol. The zero-order chi connectivity index (χ0) is 15.5.